The molecule has 3 rings (SSSR count). The van der Waals surface area contributed by atoms with Crippen LogP contribution in [-0.2, 0) is 19.6 Å². The summed E-state index contributed by atoms with van der Waals surface area (Å²) in [5, 5.41) is 9.26. The molecule has 0 spiro atoms. The highest BCUT2D eigenvalue weighted by Crippen LogP contribution is 2.47. The van der Waals surface area contributed by atoms with Crippen molar-refractivity contribution in [3.63, 3.8) is 0 Å². The summed E-state index contributed by atoms with van der Waals surface area (Å²) >= 11 is 0. The second-order valence-corrected chi connectivity index (χ2v) is 8.51. The number of aliphatic carboxylic acids is 1. The second-order valence-electron chi connectivity index (χ2n) is 6.60. The maximum Gasteiger partial charge on any atom is 0.319 e. The molecular weight excluding hydrogens is 376 g/mol. The number of nitrogens with zero attached hydrogens (tertiary/aromatic N) is 2. The van der Waals surface area contributed by atoms with Crippen molar-refractivity contribution in [2.45, 2.75) is 17.7 Å². The standard InChI is InChI=1S/C17H22N2O7S/c1-25-12-3-4-13(26-2)14(11-12)27(23,24)19-9-7-18(8-10-19)15(20)17(5-6-17)16(21)22/h3-4,11H,5-10H2,1-2H3,(H,21,22). The van der Waals surface area contributed by atoms with Crippen molar-refractivity contribution in [3.05, 3.63) is 18.2 Å². The van der Waals surface area contributed by atoms with Crippen LogP contribution in [0, 0.1) is 5.41 Å². The molecule has 0 unspecified atom stereocenters. The molecule has 0 aromatic heterocycles. The van der Waals surface area contributed by atoms with E-state index in [1.54, 1.807) is 6.07 Å². The fourth-order valence-electron chi connectivity index (χ4n) is 3.20. The first kappa shape index (κ1) is 19.4. The Labute approximate surface area is 157 Å². The van der Waals surface area contributed by atoms with Gasteiger partial charge in [0.2, 0.25) is 15.9 Å². The Hall–Kier alpha value is -2.33. The number of hydrogen-bond donors (Lipinski definition) is 1. The fraction of sp³-hybridized carbons (Fsp3) is 0.529. The van der Waals surface area contributed by atoms with Gasteiger partial charge in [0.25, 0.3) is 0 Å². The molecule has 27 heavy (non-hydrogen) atoms. The highest BCUT2D eigenvalue weighted by atomic mass is 32.2. The molecule has 1 heterocycles. The van der Waals surface area contributed by atoms with Gasteiger partial charge in [-0.15, -0.1) is 0 Å². The Kier molecular flexibility index (Phi) is 5.04. The van der Waals surface area contributed by atoms with E-state index in [4.69, 9.17) is 9.47 Å². The van der Waals surface area contributed by atoms with Crippen molar-refractivity contribution in [3.8, 4) is 11.5 Å². The summed E-state index contributed by atoms with van der Waals surface area (Å²) in [5.74, 6) is -0.938. The van der Waals surface area contributed by atoms with Crippen LogP contribution in [0.4, 0.5) is 0 Å². The largest absolute Gasteiger partial charge is 0.497 e. The molecule has 1 N–H and O–H groups in total. The van der Waals surface area contributed by atoms with Crippen LogP contribution in [0.25, 0.3) is 0 Å². The summed E-state index contributed by atoms with van der Waals surface area (Å²) in [5.41, 5.74) is -1.31. The minimum absolute atomic E-state index is 0.00618. The summed E-state index contributed by atoms with van der Waals surface area (Å²) in [6, 6.07) is 4.53. The van der Waals surface area contributed by atoms with E-state index >= 15 is 0 Å². The first-order valence-electron chi connectivity index (χ1n) is 8.51. The Morgan fingerprint density at radius 2 is 1.70 bits per heavy atom. The van der Waals surface area contributed by atoms with Crippen LogP contribution in [0.3, 0.4) is 0 Å². The average Bonchev–Trinajstić information content (AvgIpc) is 3.49. The molecule has 0 radical (unpaired) electrons. The third-order valence-electron chi connectivity index (χ3n) is 5.08. The van der Waals surface area contributed by atoms with Gasteiger partial charge in [0.05, 0.1) is 14.2 Å². The number of carbonyl (C=O) groups is 2. The monoisotopic (exact) mass is 398 g/mol. The number of rotatable bonds is 6. The molecule has 1 saturated heterocycles. The molecule has 0 bridgehead atoms. The minimum Gasteiger partial charge on any atom is -0.497 e. The summed E-state index contributed by atoms with van der Waals surface area (Å²) in [6.07, 6.45) is 0.668. The molecule has 1 saturated carbocycles. The zero-order valence-corrected chi connectivity index (χ0v) is 16.0. The van der Waals surface area contributed by atoms with Gasteiger partial charge in [-0.05, 0) is 25.0 Å². The van der Waals surface area contributed by atoms with Crippen molar-refractivity contribution in [2.75, 3.05) is 40.4 Å². The van der Waals surface area contributed by atoms with Gasteiger partial charge in [-0.3, -0.25) is 9.59 Å². The maximum atomic E-state index is 13.0. The van der Waals surface area contributed by atoms with E-state index < -0.39 is 27.3 Å². The molecule has 2 aliphatic rings. The Bertz CT molecular complexity index is 856. The average molecular weight is 398 g/mol. The van der Waals surface area contributed by atoms with Crippen LogP contribution in [0.2, 0.25) is 0 Å². The number of carbonyl (C=O) groups excluding carboxylic acids is 1. The van der Waals surface area contributed by atoms with Crippen LogP contribution < -0.4 is 9.47 Å². The molecular formula is C17H22N2O7S. The predicted molar refractivity (Wildman–Crippen MR) is 94.2 cm³/mol. The van der Waals surface area contributed by atoms with Crippen molar-refractivity contribution >= 4 is 21.9 Å². The maximum absolute atomic E-state index is 13.0. The highest BCUT2D eigenvalue weighted by Gasteiger charge is 2.58. The minimum atomic E-state index is -3.85. The Morgan fingerprint density at radius 1 is 1.07 bits per heavy atom. The summed E-state index contributed by atoms with van der Waals surface area (Å²) in [4.78, 5) is 25.2. The number of carboxylic acid groups (broad SMARTS) is 1. The first-order valence-corrected chi connectivity index (χ1v) is 9.95. The topological polar surface area (TPSA) is 113 Å². The fourth-order valence-corrected chi connectivity index (χ4v) is 4.80. The van der Waals surface area contributed by atoms with Crippen LogP contribution in [-0.4, -0.2) is 75.0 Å². The third kappa shape index (κ3) is 3.34. The lowest BCUT2D eigenvalue weighted by Crippen LogP contribution is -2.53. The lowest BCUT2D eigenvalue weighted by molar-refractivity contribution is -0.154. The van der Waals surface area contributed by atoms with Gasteiger partial charge < -0.3 is 19.5 Å². The molecule has 1 aromatic carbocycles. The van der Waals surface area contributed by atoms with E-state index in [1.807, 2.05) is 0 Å². The number of ether oxygens (including phenoxy) is 2. The summed E-state index contributed by atoms with van der Waals surface area (Å²) < 4.78 is 37.6. The van der Waals surface area contributed by atoms with Crippen LogP contribution in [0.5, 0.6) is 11.5 Å². The Morgan fingerprint density at radius 3 is 2.19 bits per heavy atom. The van der Waals surface area contributed by atoms with E-state index in [-0.39, 0.29) is 36.8 Å². The van der Waals surface area contributed by atoms with Gasteiger partial charge in [-0.2, -0.15) is 4.31 Å². The number of amides is 1. The molecule has 1 amide bonds. The predicted octanol–water partition coefficient (Wildman–Crippen LogP) is 0.401. The zero-order valence-electron chi connectivity index (χ0n) is 15.2. The van der Waals surface area contributed by atoms with E-state index in [1.165, 1.54) is 35.6 Å². The lowest BCUT2D eigenvalue weighted by Gasteiger charge is -2.35. The second kappa shape index (κ2) is 7.01. The van der Waals surface area contributed by atoms with Crippen LogP contribution >= 0.6 is 0 Å². The number of carboxylic acids is 1. The highest BCUT2D eigenvalue weighted by molar-refractivity contribution is 7.89. The molecule has 10 heteroatoms. The van der Waals surface area contributed by atoms with Gasteiger partial charge in [-0.25, -0.2) is 8.42 Å². The molecule has 1 aromatic rings. The third-order valence-corrected chi connectivity index (χ3v) is 7.00. The van der Waals surface area contributed by atoms with Gasteiger partial charge in [0.1, 0.15) is 21.8 Å². The zero-order chi connectivity index (χ0) is 19.8. The van der Waals surface area contributed by atoms with E-state index in [9.17, 15) is 23.1 Å². The summed E-state index contributed by atoms with van der Waals surface area (Å²) in [7, 11) is -1.02. The molecule has 0 atom stereocenters. The smallest absolute Gasteiger partial charge is 0.319 e. The van der Waals surface area contributed by atoms with Crippen LogP contribution in [0.1, 0.15) is 12.8 Å². The van der Waals surface area contributed by atoms with Crippen molar-refractivity contribution in [2.24, 2.45) is 5.41 Å². The lowest BCUT2D eigenvalue weighted by atomic mass is 10.1. The number of benzene rings is 1. The first-order chi connectivity index (χ1) is 12.8. The van der Waals surface area contributed by atoms with Crippen molar-refractivity contribution in [1.29, 1.82) is 0 Å². The number of hydrogen-bond acceptors (Lipinski definition) is 6. The van der Waals surface area contributed by atoms with E-state index in [2.05, 4.69) is 0 Å². The van der Waals surface area contributed by atoms with Gasteiger partial charge in [0.15, 0.2) is 0 Å². The number of methoxy groups -OCH3 is 2. The number of sulfonamides is 1. The molecule has 1 aliphatic heterocycles. The molecule has 9 nitrogen and oxygen atoms in total. The van der Waals surface area contributed by atoms with Gasteiger partial charge in [0, 0.05) is 32.2 Å². The van der Waals surface area contributed by atoms with Crippen molar-refractivity contribution < 1.29 is 32.6 Å². The molecule has 148 valence electrons. The van der Waals surface area contributed by atoms with Crippen molar-refractivity contribution in [1.82, 2.24) is 9.21 Å². The van der Waals surface area contributed by atoms with Crippen LogP contribution in [0.15, 0.2) is 23.1 Å². The van der Waals surface area contributed by atoms with Gasteiger partial charge >= 0.3 is 5.97 Å². The van der Waals surface area contributed by atoms with E-state index in [0.29, 0.717) is 18.6 Å². The Balaban J connectivity index is 1.76. The number of piperazine rings is 1. The normalized spacial score (nSPS) is 19.4. The molecule has 1 aliphatic carbocycles. The van der Waals surface area contributed by atoms with E-state index in [0.717, 1.165) is 0 Å². The molecule has 2 fully saturated rings. The van der Waals surface area contributed by atoms with Gasteiger partial charge in [-0.1, -0.05) is 0 Å². The quantitative estimate of drug-likeness (QED) is 0.690. The summed E-state index contributed by atoms with van der Waals surface area (Å²) in [6.45, 7) is 0.479. The SMILES string of the molecule is COc1ccc(OC)c(S(=O)(=O)N2CCN(C(=O)C3(C(=O)O)CC3)CC2)c1.